The lowest BCUT2D eigenvalue weighted by Crippen LogP contribution is -2.28. The van der Waals surface area contributed by atoms with Crippen molar-refractivity contribution in [3.05, 3.63) is 30.0 Å². The zero-order valence-electron chi connectivity index (χ0n) is 12.5. The average Bonchev–Trinajstić information content (AvgIpc) is 2.90. The predicted octanol–water partition coefficient (Wildman–Crippen LogP) is 3.71. The molecule has 1 aromatic carbocycles. The van der Waals surface area contributed by atoms with Gasteiger partial charge >= 0.3 is 0 Å². The van der Waals surface area contributed by atoms with Crippen LogP contribution < -0.4 is 4.74 Å². The lowest BCUT2D eigenvalue weighted by atomic mass is 9.99. The molecule has 1 atom stereocenters. The number of benzene rings is 1. The maximum atomic E-state index is 12.6. The Hall–Kier alpha value is -1.81. The number of hydrogen-bond acceptors (Lipinski definition) is 3. The van der Waals surface area contributed by atoms with Crippen LogP contribution in [0.25, 0.3) is 10.9 Å². The molecule has 2 aromatic rings. The van der Waals surface area contributed by atoms with Gasteiger partial charge in [0.2, 0.25) is 0 Å². The molecule has 0 radical (unpaired) electrons. The summed E-state index contributed by atoms with van der Waals surface area (Å²) in [6.45, 7) is 4.66. The van der Waals surface area contributed by atoms with Crippen LogP contribution in [-0.4, -0.2) is 29.6 Å². The normalized spacial score (nSPS) is 19.1. The second-order valence-electron chi connectivity index (χ2n) is 5.80. The summed E-state index contributed by atoms with van der Waals surface area (Å²) in [5.41, 5.74) is 1.65. The number of ether oxygens (including phenoxy) is 2. The van der Waals surface area contributed by atoms with Crippen LogP contribution in [0.15, 0.2) is 24.4 Å². The highest BCUT2D eigenvalue weighted by Crippen LogP contribution is 2.27. The van der Waals surface area contributed by atoms with Crippen molar-refractivity contribution < 1.29 is 14.3 Å². The first-order chi connectivity index (χ1) is 10.1. The number of ketones is 1. The van der Waals surface area contributed by atoms with Gasteiger partial charge in [-0.3, -0.25) is 4.79 Å². The number of hydrogen-bond donors (Lipinski definition) is 1. The molecular weight excluding hydrogens is 266 g/mol. The molecule has 1 fully saturated rings. The van der Waals surface area contributed by atoms with Crippen LogP contribution >= 0.6 is 0 Å². The van der Waals surface area contributed by atoms with Gasteiger partial charge in [-0.05, 0) is 51.3 Å². The number of rotatable bonds is 4. The van der Waals surface area contributed by atoms with E-state index in [1.807, 2.05) is 32.0 Å². The first-order valence-corrected chi connectivity index (χ1v) is 7.59. The van der Waals surface area contributed by atoms with E-state index in [1.165, 1.54) is 0 Å². The summed E-state index contributed by atoms with van der Waals surface area (Å²) in [5, 5.41) is 0.910. The molecule has 1 saturated heterocycles. The van der Waals surface area contributed by atoms with Gasteiger partial charge in [-0.15, -0.1) is 0 Å². The number of fused-ring (bicyclic) bond motifs is 1. The monoisotopic (exact) mass is 287 g/mol. The van der Waals surface area contributed by atoms with Gasteiger partial charge in [-0.25, -0.2) is 0 Å². The predicted molar refractivity (Wildman–Crippen MR) is 82.0 cm³/mol. The van der Waals surface area contributed by atoms with E-state index in [0.29, 0.717) is 12.2 Å². The maximum absolute atomic E-state index is 12.6. The minimum absolute atomic E-state index is 0.0719. The van der Waals surface area contributed by atoms with Crippen molar-refractivity contribution in [2.24, 2.45) is 0 Å². The van der Waals surface area contributed by atoms with E-state index in [4.69, 9.17) is 9.47 Å². The number of H-pyrrole nitrogens is 1. The standard InChI is InChI=1S/C17H21NO3/c1-11(2)21-12-6-7-15-13(9-12)14(10-18-15)17(19)16-5-3-4-8-20-16/h6-7,9-11,16,18H,3-5,8H2,1-2H3. The minimum atomic E-state index is -0.299. The first kappa shape index (κ1) is 14.1. The lowest BCUT2D eigenvalue weighted by Gasteiger charge is -2.21. The number of aromatic amines is 1. The number of nitrogens with one attached hydrogen (secondary N) is 1. The van der Waals surface area contributed by atoms with Gasteiger partial charge in [0, 0.05) is 29.3 Å². The molecule has 112 valence electrons. The van der Waals surface area contributed by atoms with E-state index in [2.05, 4.69) is 4.98 Å². The van der Waals surface area contributed by atoms with Crippen LogP contribution in [0.3, 0.4) is 0 Å². The Morgan fingerprint density at radius 3 is 2.95 bits per heavy atom. The number of aromatic nitrogens is 1. The molecule has 2 heterocycles. The molecular formula is C17H21NO3. The number of carbonyl (C=O) groups excluding carboxylic acids is 1. The summed E-state index contributed by atoms with van der Waals surface area (Å²) in [5.74, 6) is 0.860. The molecule has 0 spiro atoms. The van der Waals surface area contributed by atoms with Crippen LogP contribution in [-0.2, 0) is 4.74 Å². The zero-order chi connectivity index (χ0) is 14.8. The third-order valence-electron chi connectivity index (χ3n) is 3.76. The molecule has 0 saturated carbocycles. The molecule has 1 unspecified atom stereocenters. The van der Waals surface area contributed by atoms with Crippen molar-refractivity contribution in [3.63, 3.8) is 0 Å². The van der Waals surface area contributed by atoms with E-state index in [1.54, 1.807) is 6.20 Å². The highest BCUT2D eigenvalue weighted by Gasteiger charge is 2.25. The fourth-order valence-electron chi connectivity index (χ4n) is 2.77. The van der Waals surface area contributed by atoms with Gasteiger partial charge in [0.25, 0.3) is 0 Å². The van der Waals surface area contributed by atoms with Crippen molar-refractivity contribution in [2.45, 2.75) is 45.3 Å². The van der Waals surface area contributed by atoms with Crippen LogP contribution in [0.5, 0.6) is 5.75 Å². The molecule has 3 rings (SSSR count). The molecule has 1 aliphatic heterocycles. The van der Waals surface area contributed by atoms with Crippen LogP contribution in [0, 0.1) is 0 Å². The fourth-order valence-corrected chi connectivity index (χ4v) is 2.77. The Kier molecular flexibility index (Phi) is 3.97. The van der Waals surface area contributed by atoms with E-state index >= 15 is 0 Å². The topological polar surface area (TPSA) is 51.3 Å². The summed E-state index contributed by atoms with van der Waals surface area (Å²) in [6.07, 6.45) is 4.51. The van der Waals surface area contributed by atoms with Crippen molar-refractivity contribution in [3.8, 4) is 5.75 Å². The molecule has 21 heavy (non-hydrogen) atoms. The smallest absolute Gasteiger partial charge is 0.193 e. The molecule has 1 aromatic heterocycles. The van der Waals surface area contributed by atoms with Gasteiger partial charge in [0.05, 0.1) is 6.10 Å². The van der Waals surface area contributed by atoms with Crippen molar-refractivity contribution in [2.75, 3.05) is 6.61 Å². The zero-order valence-corrected chi connectivity index (χ0v) is 12.5. The van der Waals surface area contributed by atoms with Crippen molar-refractivity contribution in [1.82, 2.24) is 4.98 Å². The molecule has 0 bridgehead atoms. The van der Waals surface area contributed by atoms with Crippen LogP contribution in [0.1, 0.15) is 43.5 Å². The Morgan fingerprint density at radius 1 is 1.38 bits per heavy atom. The highest BCUT2D eigenvalue weighted by molar-refractivity contribution is 6.10. The second kappa shape index (κ2) is 5.90. The summed E-state index contributed by atoms with van der Waals surface area (Å²) in [4.78, 5) is 15.8. The van der Waals surface area contributed by atoms with E-state index < -0.39 is 0 Å². The average molecular weight is 287 g/mol. The Morgan fingerprint density at radius 2 is 2.24 bits per heavy atom. The lowest BCUT2D eigenvalue weighted by molar-refractivity contribution is 0.0188. The largest absolute Gasteiger partial charge is 0.491 e. The molecule has 4 nitrogen and oxygen atoms in total. The third kappa shape index (κ3) is 2.95. The van der Waals surface area contributed by atoms with Crippen LogP contribution in [0.2, 0.25) is 0 Å². The molecule has 0 amide bonds. The minimum Gasteiger partial charge on any atom is -0.491 e. The number of Topliss-reactive ketones (excluding diaryl/α,β-unsaturated/α-hetero) is 1. The SMILES string of the molecule is CC(C)Oc1ccc2[nH]cc(C(=O)C3CCCCO3)c2c1. The third-order valence-corrected chi connectivity index (χ3v) is 3.76. The van der Waals surface area contributed by atoms with E-state index in [9.17, 15) is 4.79 Å². The van der Waals surface area contributed by atoms with Crippen LogP contribution in [0.4, 0.5) is 0 Å². The van der Waals surface area contributed by atoms with Gasteiger partial charge in [0.15, 0.2) is 5.78 Å². The van der Waals surface area contributed by atoms with Gasteiger partial charge in [-0.1, -0.05) is 0 Å². The summed E-state index contributed by atoms with van der Waals surface area (Å²) in [7, 11) is 0. The Labute approximate surface area is 124 Å². The van der Waals surface area contributed by atoms with Crippen molar-refractivity contribution >= 4 is 16.7 Å². The van der Waals surface area contributed by atoms with E-state index in [0.717, 1.165) is 35.9 Å². The maximum Gasteiger partial charge on any atom is 0.193 e. The summed E-state index contributed by atoms with van der Waals surface area (Å²) < 4.78 is 11.3. The Balaban J connectivity index is 1.92. The second-order valence-corrected chi connectivity index (χ2v) is 5.80. The fraction of sp³-hybridized carbons (Fsp3) is 0.471. The van der Waals surface area contributed by atoms with Gasteiger partial charge in [0.1, 0.15) is 11.9 Å². The first-order valence-electron chi connectivity index (χ1n) is 7.59. The van der Waals surface area contributed by atoms with Gasteiger partial charge in [-0.2, -0.15) is 0 Å². The number of carbonyl (C=O) groups is 1. The Bertz CT molecular complexity index is 639. The quantitative estimate of drug-likeness (QED) is 0.872. The van der Waals surface area contributed by atoms with E-state index in [-0.39, 0.29) is 18.0 Å². The van der Waals surface area contributed by atoms with Crippen molar-refractivity contribution in [1.29, 1.82) is 0 Å². The molecule has 1 N–H and O–H groups in total. The molecule has 0 aliphatic carbocycles. The highest BCUT2D eigenvalue weighted by atomic mass is 16.5. The van der Waals surface area contributed by atoms with Gasteiger partial charge < -0.3 is 14.5 Å². The molecule has 4 heteroatoms. The molecule has 1 aliphatic rings. The summed E-state index contributed by atoms with van der Waals surface area (Å²) >= 11 is 0. The summed E-state index contributed by atoms with van der Waals surface area (Å²) in [6, 6.07) is 5.80.